The molecule has 3 saturated heterocycles. The van der Waals surface area contributed by atoms with Crippen molar-refractivity contribution in [1.82, 2.24) is 24.9 Å². The van der Waals surface area contributed by atoms with E-state index in [1.165, 1.54) is 4.90 Å². The highest BCUT2D eigenvalue weighted by Gasteiger charge is 2.48. The lowest BCUT2D eigenvalue weighted by Crippen LogP contribution is -2.62. The van der Waals surface area contributed by atoms with Crippen molar-refractivity contribution in [3.05, 3.63) is 75.3 Å². The smallest absolute Gasteiger partial charge is 0.275 e. The topological polar surface area (TPSA) is 93.3 Å². The van der Waals surface area contributed by atoms with Crippen molar-refractivity contribution in [2.75, 3.05) is 45.8 Å². The third-order valence-corrected chi connectivity index (χ3v) is 12.0. The molecule has 12 heteroatoms. The van der Waals surface area contributed by atoms with Crippen molar-refractivity contribution < 1.29 is 28.0 Å². The van der Waals surface area contributed by atoms with Gasteiger partial charge in [0, 0.05) is 61.8 Å². The molecule has 9 nitrogen and oxygen atoms in total. The molecule has 3 fully saturated rings. The first-order chi connectivity index (χ1) is 24.8. The number of halogens is 3. The van der Waals surface area contributed by atoms with Crippen LogP contribution in [0.2, 0.25) is 5.02 Å². The molecule has 2 atom stereocenters. The van der Waals surface area contributed by atoms with Gasteiger partial charge in [0.15, 0.2) is 0 Å². The first kappa shape index (κ1) is 36.7. The second-order valence-corrected chi connectivity index (χ2v) is 16.4. The predicted molar refractivity (Wildman–Crippen MR) is 195 cm³/mol. The van der Waals surface area contributed by atoms with E-state index in [0.29, 0.717) is 88.5 Å². The average molecular weight is 736 g/mol. The molecule has 0 saturated carbocycles. The number of rotatable bonds is 8. The fraction of sp³-hybridized carbons (Fsp3) is 0.550. The summed E-state index contributed by atoms with van der Waals surface area (Å²) in [6, 6.07) is 11.9. The van der Waals surface area contributed by atoms with E-state index in [0.717, 1.165) is 40.7 Å². The largest absolute Gasteiger partial charge is 0.336 e. The molecule has 4 amide bonds. The molecule has 5 aliphatic rings. The van der Waals surface area contributed by atoms with Gasteiger partial charge in [-0.15, -0.1) is 0 Å². The number of aryl methyl sites for hydroxylation is 1. The van der Waals surface area contributed by atoms with Crippen LogP contribution in [-0.4, -0.2) is 107 Å². The highest BCUT2D eigenvalue weighted by atomic mass is 35.5. The van der Waals surface area contributed by atoms with Gasteiger partial charge in [0.2, 0.25) is 17.7 Å². The molecule has 0 aromatic heterocycles. The van der Waals surface area contributed by atoms with Gasteiger partial charge in [0.05, 0.1) is 12.6 Å². The number of fused-ring (bicyclic) bond motifs is 1. The highest BCUT2D eigenvalue weighted by molar-refractivity contribution is 6.30. The number of piperazine rings is 1. The maximum absolute atomic E-state index is 15.7. The van der Waals surface area contributed by atoms with Crippen LogP contribution in [0.3, 0.4) is 0 Å². The zero-order valence-electron chi connectivity index (χ0n) is 30.1. The van der Waals surface area contributed by atoms with E-state index in [4.69, 9.17) is 11.6 Å². The Kier molecular flexibility index (Phi) is 10.3. The molecule has 0 bridgehead atoms. The van der Waals surface area contributed by atoms with Crippen LogP contribution in [0.4, 0.5) is 8.78 Å². The summed E-state index contributed by atoms with van der Waals surface area (Å²) in [7, 11) is 0. The van der Waals surface area contributed by atoms with E-state index in [1.54, 1.807) is 6.07 Å². The minimum absolute atomic E-state index is 0.0308. The van der Waals surface area contributed by atoms with E-state index in [9.17, 15) is 19.2 Å². The second kappa shape index (κ2) is 14.6. The van der Waals surface area contributed by atoms with Gasteiger partial charge in [0.25, 0.3) is 11.8 Å². The summed E-state index contributed by atoms with van der Waals surface area (Å²) in [5, 5.41) is 2.98. The minimum Gasteiger partial charge on any atom is -0.336 e. The molecule has 4 heterocycles. The van der Waals surface area contributed by atoms with E-state index in [1.807, 2.05) is 51.1 Å². The van der Waals surface area contributed by atoms with Crippen LogP contribution in [0, 0.1) is 5.41 Å². The van der Waals surface area contributed by atoms with Crippen LogP contribution in [0.25, 0.3) is 5.57 Å². The molecular weight excluding hydrogens is 688 g/mol. The van der Waals surface area contributed by atoms with Crippen molar-refractivity contribution in [3.8, 4) is 0 Å². The maximum Gasteiger partial charge on any atom is 0.275 e. The highest BCUT2D eigenvalue weighted by Crippen LogP contribution is 2.44. The van der Waals surface area contributed by atoms with Gasteiger partial charge in [-0.05, 0) is 97.4 Å². The molecule has 7 rings (SSSR count). The zero-order chi connectivity index (χ0) is 36.8. The van der Waals surface area contributed by atoms with Crippen LogP contribution in [0.5, 0.6) is 0 Å². The normalized spacial score (nSPS) is 25.4. The van der Waals surface area contributed by atoms with E-state index >= 15 is 8.78 Å². The monoisotopic (exact) mass is 735 g/mol. The summed E-state index contributed by atoms with van der Waals surface area (Å²) in [4.78, 5) is 57.9. The third kappa shape index (κ3) is 7.68. The number of imide groups is 1. The molecule has 4 aliphatic heterocycles. The summed E-state index contributed by atoms with van der Waals surface area (Å²) in [6.07, 6.45) is 4.73. The van der Waals surface area contributed by atoms with Crippen LogP contribution in [0.15, 0.2) is 48.0 Å². The van der Waals surface area contributed by atoms with E-state index < -0.39 is 23.9 Å². The summed E-state index contributed by atoms with van der Waals surface area (Å²) in [5.41, 5.74) is 5.47. The van der Waals surface area contributed by atoms with Gasteiger partial charge in [-0.1, -0.05) is 49.7 Å². The number of hydrogen-bond donors (Lipinski definition) is 1. The number of hydrogen-bond acceptors (Lipinski definition) is 6. The molecule has 2 aromatic rings. The Balaban J connectivity index is 0.898. The molecule has 2 aromatic carbocycles. The summed E-state index contributed by atoms with van der Waals surface area (Å²) in [5.74, 6) is -3.79. The third-order valence-electron chi connectivity index (χ3n) is 11.7. The number of benzene rings is 2. The van der Waals surface area contributed by atoms with E-state index in [2.05, 4.69) is 19.2 Å². The lowest BCUT2D eigenvalue weighted by atomic mass is 9.72. The number of alkyl halides is 2. The SMILES string of the molecule is CC1(C)CCC(C(=O)N2CCN(C3CCN(CCCc4ccc5c(c4)CN(C4CCC(=O)NC4=O)C5=O)CC3(F)F)CC2)=C(c2ccc(Cl)cc2)C1. The van der Waals surface area contributed by atoms with Gasteiger partial charge in [-0.25, -0.2) is 8.78 Å². The zero-order valence-corrected chi connectivity index (χ0v) is 30.8. The maximum atomic E-state index is 15.7. The number of likely N-dealkylation sites (tertiary alicyclic amines) is 1. The number of nitrogens with zero attached hydrogens (tertiary/aromatic N) is 4. The number of nitrogens with one attached hydrogen (secondary N) is 1. The minimum atomic E-state index is -2.86. The first-order valence-corrected chi connectivity index (χ1v) is 19.0. The average Bonchev–Trinajstić information content (AvgIpc) is 3.42. The van der Waals surface area contributed by atoms with Crippen LogP contribution in [0.1, 0.15) is 85.8 Å². The first-order valence-electron chi connectivity index (χ1n) is 18.7. The van der Waals surface area contributed by atoms with Crippen molar-refractivity contribution in [2.24, 2.45) is 5.41 Å². The Morgan fingerprint density at radius 2 is 1.71 bits per heavy atom. The number of allylic oxidation sites excluding steroid dienone is 1. The van der Waals surface area contributed by atoms with Crippen molar-refractivity contribution >= 4 is 40.8 Å². The Bertz CT molecular complexity index is 1770. The summed E-state index contributed by atoms with van der Waals surface area (Å²) >= 11 is 6.15. The number of amides is 4. The lowest BCUT2D eigenvalue weighted by Gasteiger charge is -2.46. The molecule has 1 N–H and O–H groups in total. The van der Waals surface area contributed by atoms with Gasteiger partial charge in [-0.2, -0.15) is 0 Å². The predicted octanol–water partition coefficient (Wildman–Crippen LogP) is 5.55. The Morgan fingerprint density at radius 3 is 2.42 bits per heavy atom. The Labute approximate surface area is 309 Å². The number of piperidine rings is 2. The van der Waals surface area contributed by atoms with Gasteiger partial charge in [0.1, 0.15) is 6.04 Å². The van der Waals surface area contributed by atoms with Crippen LogP contribution < -0.4 is 5.32 Å². The number of carbonyl (C=O) groups excluding carboxylic acids is 4. The lowest BCUT2D eigenvalue weighted by molar-refractivity contribution is -0.141. The standard InChI is InChI=1S/C40H48ClF2N5O4/c1-39(2)15-13-31(32(23-39)27-6-8-29(41)9-7-27)37(51)47-20-18-46(19-21-47)34-14-17-45(25-40(34,42)43)16-3-4-26-5-10-30-28(22-26)24-48(38(30)52)33-11-12-35(49)44-36(33)50/h5-10,22,33-34H,3-4,11-21,23-25H2,1-2H3,(H,44,49,50). The fourth-order valence-corrected chi connectivity index (χ4v) is 8.93. The number of carbonyl (C=O) groups is 4. The summed E-state index contributed by atoms with van der Waals surface area (Å²) < 4.78 is 31.4. The van der Waals surface area contributed by atoms with E-state index in [-0.39, 0.29) is 36.1 Å². The summed E-state index contributed by atoms with van der Waals surface area (Å²) in [6.45, 7) is 7.37. The molecule has 278 valence electrons. The molecule has 52 heavy (non-hydrogen) atoms. The Hall–Kier alpha value is -3.67. The Morgan fingerprint density at radius 1 is 0.962 bits per heavy atom. The van der Waals surface area contributed by atoms with Crippen molar-refractivity contribution in [1.29, 1.82) is 0 Å². The molecule has 0 radical (unpaired) electrons. The fourth-order valence-electron chi connectivity index (χ4n) is 8.81. The molecular formula is C40H48ClF2N5O4. The molecule has 2 unspecified atom stereocenters. The van der Waals surface area contributed by atoms with Gasteiger partial charge < -0.3 is 9.80 Å². The van der Waals surface area contributed by atoms with Gasteiger partial charge in [-0.3, -0.25) is 34.3 Å². The van der Waals surface area contributed by atoms with Crippen LogP contribution >= 0.6 is 11.6 Å². The second-order valence-electron chi connectivity index (χ2n) is 16.0. The quantitative estimate of drug-likeness (QED) is 0.358. The van der Waals surface area contributed by atoms with Crippen molar-refractivity contribution in [2.45, 2.75) is 89.8 Å². The van der Waals surface area contributed by atoms with Crippen LogP contribution in [-0.2, 0) is 27.3 Å². The van der Waals surface area contributed by atoms with Gasteiger partial charge >= 0.3 is 0 Å². The molecule has 1 aliphatic carbocycles. The molecule has 0 spiro atoms. The van der Waals surface area contributed by atoms with Crippen molar-refractivity contribution in [3.63, 3.8) is 0 Å².